The molecular formula is C20H20NO5-. The molecule has 2 saturated heterocycles. The Labute approximate surface area is 151 Å². The lowest BCUT2D eigenvalue weighted by atomic mass is 9.74. The summed E-state index contributed by atoms with van der Waals surface area (Å²) in [6, 6.07) is 6.81. The fraction of sp³-hybridized carbons (Fsp3) is 0.400. The number of carbonyl (C=O) groups excluding carboxylic acids is 2. The van der Waals surface area contributed by atoms with Gasteiger partial charge in [0.2, 0.25) is 5.91 Å². The standard InChI is InChI=1S/C20H21NO5/c1-11(2)9-15-20-8-7-14(26-20)16(19(23)24)17(20)18(22)21(15)12-5-4-6-13(10-12)25-3/h4-8,10,14-17H,1,9H2,2-3H3,(H,23,24)/p-1/t14-,15-,16-,17-,20-/m1/s1. The Hall–Kier alpha value is -2.60. The number of aliphatic carboxylic acids is 1. The van der Waals surface area contributed by atoms with E-state index < -0.39 is 29.5 Å². The molecule has 1 aromatic carbocycles. The van der Waals surface area contributed by atoms with Gasteiger partial charge in [-0.2, -0.15) is 0 Å². The van der Waals surface area contributed by atoms with Gasteiger partial charge in [0.25, 0.3) is 0 Å². The summed E-state index contributed by atoms with van der Waals surface area (Å²) >= 11 is 0. The van der Waals surface area contributed by atoms with Crippen LogP contribution in [0.2, 0.25) is 0 Å². The minimum absolute atomic E-state index is 0.259. The normalized spacial score (nSPS) is 34.2. The van der Waals surface area contributed by atoms with Crippen LogP contribution in [0.15, 0.2) is 48.6 Å². The van der Waals surface area contributed by atoms with E-state index in [-0.39, 0.29) is 11.9 Å². The number of amides is 1. The molecule has 2 bridgehead atoms. The van der Waals surface area contributed by atoms with Crippen molar-refractivity contribution in [1.82, 2.24) is 0 Å². The van der Waals surface area contributed by atoms with Crippen LogP contribution >= 0.6 is 0 Å². The number of ether oxygens (including phenoxy) is 2. The van der Waals surface area contributed by atoms with E-state index in [2.05, 4.69) is 6.58 Å². The second kappa shape index (κ2) is 5.71. The second-order valence-corrected chi connectivity index (χ2v) is 7.20. The van der Waals surface area contributed by atoms with Crippen LogP contribution in [0.1, 0.15) is 13.3 Å². The highest BCUT2D eigenvalue weighted by molar-refractivity contribution is 6.03. The summed E-state index contributed by atoms with van der Waals surface area (Å²) in [6.45, 7) is 5.87. The molecule has 26 heavy (non-hydrogen) atoms. The van der Waals surface area contributed by atoms with Crippen LogP contribution in [0.4, 0.5) is 5.69 Å². The Morgan fingerprint density at radius 1 is 1.46 bits per heavy atom. The highest BCUT2D eigenvalue weighted by Crippen LogP contribution is 2.56. The first-order valence-corrected chi connectivity index (χ1v) is 8.58. The van der Waals surface area contributed by atoms with Crippen molar-refractivity contribution in [3.8, 4) is 5.75 Å². The molecule has 1 spiro atoms. The van der Waals surface area contributed by atoms with Gasteiger partial charge in [0, 0.05) is 23.6 Å². The molecular weight excluding hydrogens is 334 g/mol. The Morgan fingerprint density at radius 2 is 2.23 bits per heavy atom. The lowest BCUT2D eigenvalue weighted by Gasteiger charge is -2.33. The van der Waals surface area contributed by atoms with E-state index in [0.29, 0.717) is 17.9 Å². The molecule has 0 unspecified atom stereocenters. The van der Waals surface area contributed by atoms with Gasteiger partial charge in [-0.25, -0.2) is 0 Å². The molecule has 0 N–H and O–H groups in total. The minimum atomic E-state index is -1.25. The second-order valence-electron chi connectivity index (χ2n) is 7.20. The molecule has 3 aliphatic heterocycles. The molecule has 4 rings (SSSR count). The number of carbonyl (C=O) groups is 2. The first-order valence-electron chi connectivity index (χ1n) is 8.58. The number of nitrogens with zero attached hydrogens (tertiary/aromatic N) is 1. The molecule has 3 heterocycles. The molecule has 0 radical (unpaired) electrons. The van der Waals surface area contributed by atoms with Crippen LogP contribution in [-0.4, -0.2) is 36.7 Å². The van der Waals surface area contributed by atoms with E-state index in [4.69, 9.17) is 9.47 Å². The van der Waals surface area contributed by atoms with Gasteiger partial charge in [0.15, 0.2) is 0 Å². The molecule has 1 aromatic rings. The number of fused-ring (bicyclic) bond motifs is 1. The van der Waals surface area contributed by atoms with Crippen molar-refractivity contribution in [3.63, 3.8) is 0 Å². The quantitative estimate of drug-likeness (QED) is 0.739. The van der Waals surface area contributed by atoms with E-state index in [1.165, 1.54) is 0 Å². The maximum Gasteiger partial charge on any atom is 0.234 e. The summed E-state index contributed by atoms with van der Waals surface area (Å²) in [7, 11) is 1.56. The van der Waals surface area contributed by atoms with E-state index >= 15 is 0 Å². The molecule has 3 aliphatic rings. The van der Waals surface area contributed by atoms with Crippen LogP contribution in [0.3, 0.4) is 0 Å². The van der Waals surface area contributed by atoms with Crippen molar-refractivity contribution in [1.29, 1.82) is 0 Å². The van der Waals surface area contributed by atoms with E-state index in [1.807, 2.05) is 19.1 Å². The molecule has 2 fully saturated rings. The lowest BCUT2D eigenvalue weighted by molar-refractivity contribution is -0.313. The highest BCUT2D eigenvalue weighted by atomic mass is 16.5. The number of rotatable bonds is 5. The zero-order chi connectivity index (χ0) is 18.6. The monoisotopic (exact) mass is 354 g/mol. The summed E-state index contributed by atoms with van der Waals surface area (Å²) in [5.74, 6) is -2.66. The number of benzene rings is 1. The van der Waals surface area contributed by atoms with E-state index in [9.17, 15) is 14.7 Å². The average molecular weight is 354 g/mol. The largest absolute Gasteiger partial charge is 0.550 e. The van der Waals surface area contributed by atoms with Gasteiger partial charge < -0.3 is 24.3 Å². The first kappa shape index (κ1) is 16.8. The maximum absolute atomic E-state index is 13.3. The number of carboxylic acids is 1. The fourth-order valence-electron chi connectivity index (χ4n) is 4.57. The Bertz CT molecular complexity index is 831. The van der Waals surface area contributed by atoms with Crippen molar-refractivity contribution in [3.05, 3.63) is 48.6 Å². The van der Waals surface area contributed by atoms with Gasteiger partial charge in [-0.3, -0.25) is 4.79 Å². The Morgan fingerprint density at radius 3 is 2.88 bits per heavy atom. The summed E-state index contributed by atoms with van der Waals surface area (Å²) < 4.78 is 11.4. The lowest BCUT2D eigenvalue weighted by Crippen LogP contribution is -2.46. The van der Waals surface area contributed by atoms with Crippen LogP contribution in [0, 0.1) is 11.8 Å². The van der Waals surface area contributed by atoms with Crippen molar-refractivity contribution in [2.45, 2.75) is 31.1 Å². The zero-order valence-corrected chi connectivity index (χ0v) is 14.7. The van der Waals surface area contributed by atoms with Crippen LogP contribution in [0.5, 0.6) is 5.75 Å². The summed E-state index contributed by atoms with van der Waals surface area (Å²) in [6.07, 6.45) is 3.49. The van der Waals surface area contributed by atoms with Crippen molar-refractivity contribution >= 4 is 17.6 Å². The molecule has 5 atom stereocenters. The highest BCUT2D eigenvalue weighted by Gasteiger charge is 2.69. The van der Waals surface area contributed by atoms with Crippen LogP contribution < -0.4 is 14.7 Å². The van der Waals surface area contributed by atoms with Gasteiger partial charge >= 0.3 is 0 Å². The molecule has 6 heteroatoms. The van der Waals surface area contributed by atoms with E-state index in [1.54, 1.807) is 36.3 Å². The Kier molecular flexibility index (Phi) is 3.70. The predicted octanol–water partition coefficient (Wildman–Crippen LogP) is 1.07. The summed E-state index contributed by atoms with van der Waals surface area (Å²) in [4.78, 5) is 26.7. The van der Waals surface area contributed by atoms with Crippen molar-refractivity contribution < 1.29 is 24.2 Å². The van der Waals surface area contributed by atoms with Crippen molar-refractivity contribution in [2.24, 2.45) is 11.8 Å². The van der Waals surface area contributed by atoms with Gasteiger partial charge in [0.05, 0.1) is 25.2 Å². The maximum atomic E-state index is 13.3. The number of anilines is 1. The SMILES string of the molecule is C=C(C)C[C@H]1N(c2cccc(OC)c2)C(=O)[C@H]2[C@H](C(=O)[O-])[C@H]3C=C[C@]21O3. The molecule has 0 aliphatic carbocycles. The Balaban J connectivity index is 1.84. The summed E-state index contributed by atoms with van der Waals surface area (Å²) in [5, 5.41) is 11.7. The molecule has 6 nitrogen and oxygen atoms in total. The molecule has 0 saturated carbocycles. The fourth-order valence-corrected chi connectivity index (χ4v) is 4.57. The van der Waals surface area contributed by atoms with Crippen LogP contribution in [0.25, 0.3) is 0 Å². The molecule has 0 aromatic heterocycles. The van der Waals surface area contributed by atoms with E-state index in [0.717, 1.165) is 5.57 Å². The smallest absolute Gasteiger partial charge is 0.234 e. The average Bonchev–Trinajstić information content (AvgIpc) is 3.24. The van der Waals surface area contributed by atoms with Gasteiger partial charge in [-0.15, -0.1) is 6.58 Å². The minimum Gasteiger partial charge on any atom is -0.550 e. The molecule has 1 amide bonds. The van der Waals surface area contributed by atoms with Crippen LogP contribution in [-0.2, 0) is 14.3 Å². The van der Waals surface area contributed by atoms with Crippen molar-refractivity contribution in [2.75, 3.05) is 12.0 Å². The zero-order valence-electron chi connectivity index (χ0n) is 14.7. The third-order valence-electron chi connectivity index (χ3n) is 5.57. The van der Waals surface area contributed by atoms with Gasteiger partial charge in [-0.1, -0.05) is 23.8 Å². The van der Waals surface area contributed by atoms with Gasteiger partial charge in [-0.05, 0) is 25.5 Å². The molecule has 136 valence electrons. The third-order valence-corrected chi connectivity index (χ3v) is 5.57. The number of carboxylic acid groups (broad SMARTS) is 1. The number of hydrogen-bond donors (Lipinski definition) is 0. The van der Waals surface area contributed by atoms with Gasteiger partial charge in [0.1, 0.15) is 11.4 Å². The third kappa shape index (κ3) is 2.15. The first-order chi connectivity index (χ1) is 12.4. The topological polar surface area (TPSA) is 78.9 Å². The number of methoxy groups -OCH3 is 1. The number of hydrogen-bond acceptors (Lipinski definition) is 5. The summed E-state index contributed by atoms with van der Waals surface area (Å²) in [5.41, 5.74) is 0.583. The predicted molar refractivity (Wildman–Crippen MR) is 92.4 cm³/mol.